The zero-order valence-corrected chi connectivity index (χ0v) is 21.7. The summed E-state index contributed by atoms with van der Waals surface area (Å²) < 4.78 is 16.3. The highest BCUT2D eigenvalue weighted by Gasteiger charge is 2.24. The predicted molar refractivity (Wildman–Crippen MR) is 140 cm³/mol. The van der Waals surface area contributed by atoms with Gasteiger partial charge in [0, 0.05) is 32.7 Å². The number of nitrogens with one attached hydrogen (secondary N) is 2. The van der Waals surface area contributed by atoms with E-state index >= 15 is 0 Å². The third-order valence-electron chi connectivity index (χ3n) is 5.27. The molecule has 2 N–H and O–H groups in total. The molecule has 2 aromatic carbocycles. The number of methoxy groups -OCH3 is 1. The minimum Gasteiger partial charge on any atom is -0.493 e. The minimum atomic E-state index is -0.230. The molecule has 1 aliphatic heterocycles. The molecule has 0 unspecified atom stereocenters. The molecule has 9 heteroatoms. The van der Waals surface area contributed by atoms with Gasteiger partial charge in [-0.15, -0.1) is 24.0 Å². The first kappa shape index (κ1) is 26.6. The van der Waals surface area contributed by atoms with E-state index in [9.17, 15) is 4.79 Å². The minimum absolute atomic E-state index is 0. The number of carbonyl (C=O) groups is 1. The predicted octanol–water partition coefficient (Wildman–Crippen LogP) is 4.39. The van der Waals surface area contributed by atoms with Crippen LogP contribution in [0.1, 0.15) is 25.3 Å². The molecule has 1 amide bonds. The quantitative estimate of drug-likeness (QED) is 0.293. The van der Waals surface area contributed by atoms with Crippen molar-refractivity contribution in [2.24, 2.45) is 4.99 Å². The maximum atomic E-state index is 11.8. The van der Waals surface area contributed by atoms with Gasteiger partial charge >= 0.3 is 6.09 Å². The number of amides is 1. The van der Waals surface area contributed by atoms with Crippen molar-refractivity contribution < 1.29 is 19.0 Å². The SMILES string of the molecule is CCOC(=O)N1CCC(NC(=NC)NCc2ccc(Oc3ccccc3OC)cc2)CC1.I. The van der Waals surface area contributed by atoms with E-state index in [1.807, 2.05) is 55.5 Å². The molecule has 1 aliphatic rings. The van der Waals surface area contributed by atoms with Crippen molar-refractivity contribution >= 4 is 36.0 Å². The van der Waals surface area contributed by atoms with E-state index in [1.165, 1.54) is 0 Å². The largest absolute Gasteiger partial charge is 0.493 e. The molecule has 8 nitrogen and oxygen atoms in total. The second-order valence-electron chi connectivity index (χ2n) is 7.43. The van der Waals surface area contributed by atoms with E-state index in [2.05, 4.69) is 15.6 Å². The zero-order chi connectivity index (χ0) is 22.8. The molecule has 0 bridgehead atoms. The van der Waals surface area contributed by atoms with E-state index in [-0.39, 0.29) is 36.1 Å². The lowest BCUT2D eigenvalue weighted by atomic mass is 10.1. The lowest BCUT2D eigenvalue weighted by Gasteiger charge is -2.32. The first-order chi connectivity index (χ1) is 15.6. The molecule has 0 aromatic heterocycles. The topological polar surface area (TPSA) is 84.4 Å². The van der Waals surface area contributed by atoms with Crippen LogP contribution < -0.4 is 20.1 Å². The number of aliphatic imine (C=N–C) groups is 1. The Hall–Kier alpha value is -2.69. The van der Waals surface area contributed by atoms with E-state index < -0.39 is 0 Å². The smallest absolute Gasteiger partial charge is 0.409 e. The fourth-order valence-electron chi connectivity index (χ4n) is 3.50. The van der Waals surface area contributed by atoms with Gasteiger partial charge in [-0.1, -0.05) is 24.3 Å². The van der Waals surface area contributed by atoms with Crippen molar-refractivity contribution in [1.29, 1.82) is 0 Å². The van der Waals surface area contributed by atoms with Crippen LogP contribution in [-0.2, 0) is 11.3 Å². The molecule has 1 heterocycles. The Morgan fingerprint density at radius 3 is 2.36 bits per heavy atom. The van der Waals surface area contributed by atoms with Crippen LogP contribution in [0.25, 0.3) is 0 Å². The molecule has 0 aliphatic carbocycles. The molecule has 2 aromatic rings. The van der Waals surface area contributed by atoms with Crippen LogP contribution in [0.2, 0.25) is 0 Å². The fraction of sp³-hybridized carbons (Fsp3) is 0.417. The molecule has 0 atom stereocenters. The van der Waals surface area contributed by atoms with Crippen LogP contribution in [0, 0.1) is 0 Å². The zero-order valence-electron chi connectivity index (χ0n) is 19.4. The van der Waals surface area contributed by atoms with Crippen LogP contribution in [0.15, 0.2) is 53.5 Å². The summed E-state index contributed by atoms with van der Waals surface area (Å²) in [4.78, 5) is 17.9. The number of piperidine rings is 1. The summed E-state index contributed by atoms with van der Waals surface area (Å²) >= 11 is 0. The average molecular weight is 568 g/mol. The highest BCUT2D eigenvalue weighted by atomic mass is 127. The number of nitrogens with zero attached hydrogens (tertiary/aromatic N) is 2. The Morgan fingerprint density at radius 2 is 1.76 bits per heavy atom. The summed E-state index contributed by atoms with van der Waals surface area (Å²) in [5, 5.41) is 6.79. The summed E-state index contributed by atoms with van der Waals surface area (Å²) in [6.45, 7) is 4.22. The Balaban J connectivity index is 0.00000385. The van der Waals surface area contributed by atoms with Gasteiger partial charge in [0.2, 0.25) is 0 Å². The summed E-state index contributed by atoms with van der Waals surface area (Å²) in [7, 11) is 3.38. The van der Waals surface area contributed by atoms with Gasteiger partial charge in [-0.25, -0.2) is 4.79 Å². The highest BCUT2D eigenvalue weighted by molar-refractivity contribution is 14.0. The van der Waals surface area contributed by atoms with Crippen LogP contribution in [0.5, 0.6) is 17.2 Å². The van der Waals surface area contributed by atoms with Crippen molar-refractivity contribution in [3.63, 3.8) is 0 Å². The lowest BCUT2D eigenvalue weighted by Crippen LogP contribution is -2.49. The Bertz CT molecular complexity index is 900. The van der Waals surface area contributed by atoms with Gasteiger partial charge in [0.1, 0.15) is 5.75 Å². The van der Waals surface area contributed by atoms with Crippen molar-refractivity contribution in [2.75, 3.05) is 33.9 Å². The van der Waals surface area contributed by atoms with Gasteiger partial charge in [0.15, 0.2) is 17.5 Å². The summed E-state index contributed by atoms with van der Waals surface area (Å²) in [5.74, 6) is 2.86. The van der Waals surface area contributed by atoms with Gasteiger partial charge in [-0.2, -0.15) is 0 Å². The van der Waals surface area contributed by atoms with Crippen molar-refractivity contribution in [1.82, 2.24) is 15.5 Å². The second-order valence-corrected chi connectivity index (χ2v) is 7.43. The van der Waals surface area contributed by atoms with Gasteiger partial charge in [-0.3, -0.25) is 4.99 Å². The Kier molecular flexibility index (Phi) is 11.1. The number of ether oxygens (including phenoxy) is 3. The number of carbonyl (C=O) groups excluding carboxylic acids is 1. The number of rotatable bonds is 7. The maximum Gasteiger partial charge on any atom is 0.409 e. The third kappa shape index (κ3) is 7.99. The summed E-state index contributed by atoms with van der Waals surface area (Å²) in [5.41, 5.74) is 1.11. The molecule has 0 radical (unpaired) electrons. The third-order valence-corrected chi connectivity index (χ3v) is 5.27. The van der Waals surface area contributed by atoms with Crippen molar-refractivity contribution in [3.8, 4) is 17.2 Å². The first-order valence-corrected chi connectivity index (χ1v) is 10.9. The van der Waals surface area contributed by atoms with E-state index in [0.29, 0.717) is 37.7 Å². The Morgan fingerprint density at radius 1 is 1.09 bits per heavy atom. The van der Waals surface area contributed by atoms with Crippen molar-refractivity contribution in [2.45, 2.75) is 32.4 Å². The molecule has 3 rings (SSSR count). The van der Waals surface area contributed by atoms with Gasteiger partial charge < -0.3 is 29.7 Å². The number of halogens is 1. The normalized spacial score (nSPS) is 14.2. The standard InChI is InChI=1S/C24H32N4O4.HI/c1-4-31-24(29)28-15-13-19(14-16-28)27-23(25-2)26-17-18-9-11-20(12-10-18)32-22-8-6-5-7-21(22)30-3;/h5-12,19H,4,13-17H2,1-3H3,(H2,25,26,27);1H. The number of likely N-dealkylation sites (tertiary alicyclic amines) is 1. The van der Waals surface area contributed by atoms with Crippen LogP contribution in [0.3, 0.4) is 0 Å². The van der Waals surface area contributed by atoms with Gasteiger partial charge in [0.25, 0.3) is 0 Å². The van der Waals surface area contributed by atoms with Crippen LogP contribution in [-0.4, -0.2) is 56.8 Å². The number of para-hydroxylation sites is 2. The molecule has 33 heavy (non-hydrogen) atoms. The van der Waals surface area contributed by atoms with Crippen LogP contribution in [0.4, 0.5) is 4.79 Å². The van der Waals surface area contributed by atoms with E-state index in [0.717, 1.165) is 30.1 Å². The summed E-state index contributed by atoms with van der Waals surface area (Å²) in [6.07, 6.45) is 1.48. The van der Waals surface area contributed by atoms with Gasteiger partial charge in [0.05, 0.1) is 13.7 Å². The average Bonchev–Trinajstić information content (AvgIpc) is 2.83. The Labute approximate surface area is 212 Å². The molecular weight excluding hydrogens is 535 g/mol. The fourth-order valence-corrected chi connectivity index (χ4v) is 3.50. The molecule has 0 saturated carbocycles. The highest BCUT2D eigenvalue weighted by Crippen LogP contribution is 2.30. The van der Waals surface area contributed by atoms with E-state index in [4.69, 9.17) is 14.2 Å². The van der Waals surface area contributed by atoms with Crippen LogP contribution >= 0.6 is 24.0 Å². The van der Waals surface area contributed by atoms with E-state index in [1.54, 1.807) is 19.1 Å². The lowest BCUT2D eigenvalue weighted by molar-refractivity contribution is 0.0963. The first-order valence-electron chi connectivity index (χ1n) is 10.9. The monoisotopic (exact) mass is 568 g/mol. The number of hydrogen-bond acceptors (Lipinski definition) is 5. The molecule has 0 spiro atoms. The summed E-state index contributed by atoms with van der Waals surface area (Å²) in [6, 6.07) is 15.7. The number of hydrogen-bond donors (Lipinski definition) is 2. The maximum absolute atomic E-state index is 11.8. The number of benzene rings is 2. The van der Waals surface area contributed by atoms with Gasteiger partial charge in [-0.05, 0) is 49.6 Å². The molecule has 180 valence electrons. The molecular formula is C24H33IN4O4. The molecule has 1 saturated heterocycles. The number of guanidine groups is 1. The second kappa shape index (κ2) is 13.8. The molecule has 1 fully saturated rings. The van der Waals surface area contributed by atoms with Crippen molar-refractivity contribution in [3.05, 3.63) is 54.1 Å².